The van der Waals surface area contributed by atoms with Gasteiger partial charge in [0.2, 0.25) is 5.91 Å². The molecule has 0 fully saturated rings. The number of imidazole rings is 1. The monoisotopic (exact) mass is 633 g/mol. The number of carboxylic acids is 1. The number of aryl methyl sites for hydroxylation is 1. The predicted molar refractivity (Wildman–Crippen MR) is 166 cm³/mol. The highest BCUT2D eigenvalue weighted by atomic mass is 79.9. The number of aromatic amines is 1. The quantitative estimate of drug-likeness (QED) is 0.120. The molecule has 1 heterocycles. The number of carbonyl (C=O) groups is 2. The van der Waals surface area contributed by atoms with Gasteiger partial charge in [0, 0.05) is 17.3 Å². The molecule has 3 aromatic carbocycles. The number of nitrogens with one attached hydrogen (secondary N) is 2. The van der Waals surface area contributed by atoms with Crippen molar-refractivity contribution in [2.45, 2.75) is 51.5 Å². The van der Waals surface area contributed by atoms with Crippen molar-refractivity contribution in [3.8, 4) is 22.8 Å². The summed E-state index contributed by atoms with van der Waals surface area (Å²) in [6, 6.07) is 20.3. The molecule has 42 heavy (non-hydrogen) atoms. The largest absolute Gasteiger partial charge is 0.497 e. The number of halogens is 1. The summed E-state index contributed by atoms with van der Waals surface area (Å²) in [5.74, 6) is 0.594. The number of aromatic nitrogens is 2. The Morgan fingerprint density at radius 1 is 1.05 bits per heavy atom. The molecule has 4 rings (SSSR count). The lowest BCUT2D eigenvalue weighted by atomic mass is 9.99. The third-order valence-electron chi connectivity index (χ3n) is 6.94. The molecule has 0 saturated heterocycles. The second kappa shape index (κ2) is 15.2. The summed E-state index contributed by atoms with van der Waals surface area (Å²) in [6.45, 7) is 2.49. The topological polar surface area (TPSA) is 114 Å². The van der Waals surface area contributed by atoms with Crippen LogP contribution >= 0.6 is 15.9 Å². The number of unbranched alkanes of at least 4 members (excludes halogenated alkanes) is 1. The summed E-state index contributed by atoms with van der Waals surface area (Å²) in [4.78, 5) is 33.1. The van der Waals surface area contributed by atoms with E-state index in [1.54, 1.807) is 25.4 Å². The van der Waals surface area contributed by atoms with Gasteiger partial charge in [-0.3, -0.25) is 4.79 Å². The van der Waals surface area contributed by atoms with Gasteiger partial charge in [0.1, 0.15) is 22.9 Å². The van der Waals surface area contributed by atoms with E-state index < -0.39 is 12.0 Å². The van der Waals surface area contributed by atoms with Gasteiger partial charge in [-0.15, -0.1) is 0 Å². The Morgan fingerprint density at radius 3 is 2.50 bits per heavy atom. The van der Waals surface area contributed by atoms with Crippen LogP contribution in [0.5, 0.6) is 11.5 Å². The molecule has 1 atom stereocenters. The van der Waals surface area contributed by atoms with Crippen molar-refractivity contribution >= 4 is 27.8 Å². The number of rotatable bonds is 15. The van der Waals surface area contributed by atoms with Gasteiger partial charge in [-0.25, -0.2) is 9.78 Å². The van der Waals surface area contributed by atoms with E-state index in [2.05, 4.69) is 31.2 Å². The Labute approximate surface area is 254 Å². The Hall–Kier alpha value is -4.11. The number of nitrogens with zero attached hydrogens (tertiary/aromatic N) is 1. The van der Waals surface area contributed by atoms with E-state index in [9.17, 15) is 14.7 Å². The lowest BCUT2D eigenvalue weighted by Gasteiger charge is -2.20. The molecular formula is C33H36BrN3O5. The van der Waals surface area contributed by atoms with Crippen LogP contribution in [0.3, 0.4) is 0 Å². The Morgan fingerprint density at radius 2 is 1.81 bits per heavy atom. The third kappa shape index (κ3) is 8.69. The zero-order valence-corrected chi connectivity index (χ0v) is 25.4. The number of hydrogen-bond acceptors (Lipinski definition) is 5. The van der Waals surface area contributed by atoms with E-state index in [4.69, 9.17) is 9.47 Å². The number of benzene rings is 3. The van der Waals surface area contributed by atoms with Crippen LogP contribution in [-0.2, 0) is 17.6 Å². The van der Waals surface area contributed by atoms with Gasteiger partial charge in [0.25, 0.3) is 0 Å². The van der Waals surface area contributed by atoms with E-state index in [0.717, 1.165) is 46.3 Å². The first-order valence-electron chi connectivity index (χ1n) is 14.1. The molecular weight excluding hydrogens is 598 g/mol. The second-order valence-corrected chi connectivity index (χ2v) is 11.0. The van der Waals surface area contributed by atoms with E-state index >= 15 is 0 Å². The molecule has 0 saturated carbocycles. The van der Waals surface area contributed by atoms with E-state index in [1.807, 2.05) is 61.5 Å². The molecule has 0 radical (unpaired) electrons. The van der Waals surface area contributed by atoms with Gasteiger partial charge >= 0.3 is 5.97 Å². The predicted octanol–water partition coefficient (Wildman–Crippen LogP) is 7.15. The zero-order chi connectivity index (χ0) is 29.9. The Kier molecular flexibility index (Phi) is 11.2. The lowest BCUT2D eigenvalue weighted by Crippen LogP contribution is -2.30. The summed E-state index contributed by atoms with van der Waals surface area (Å²) in [7, 11) is 1.63. The average Bonchev–Trinajstić information content (AvgIpc) is 3.46. The van der Waals surface area contributed by atoms with Gasteiger partial charge in [-0.2, -0.15) is 0 Å². The standard InChI is InChI=1S/C33H36BrN3O5/c1-3-4-18-42-30-17-12-24(19-27(30)33(39)40)28(20-31-35-21-29(36-31)23-10-13-25(34)14-11-23)37-32(38)7-5-6-22-8-15-26(41-2)16-9-22/h8-17,19,21,28H,3-7,18,20H2,1-2H3,(H,35,36)(H,37,38)(H,39,40). The summed E-state index contributed by atoms with van der Waals surface area (Å²) in [5.41, 5.74) is 3.70. The minimum absolute atomic E-state index is 0.0670. The number of carboxylic acid groups (broad SMARTS) is 1. The van der Waals surface area contributed by atoms with E-state index in [1.165, 1.54) is 0 Å². The fourth-order valence-electron chi connectivity index (χ4n) is 4.58. The lowest BCUT2D eigenvalue weighted by molar-refractivity contribution is -0.121. The maximum atomic E-state index is 13.1. The highest BCUT2D eigenvalue weighted by Crippen LogP contribution is 2.27. The van der Waals surface area contributed by atoms with Gasteiger partial charge < -0.3 is 24.9 Å². The van der Waals surface area contributed by atoms with Crippen molar-refractivity contribution in [3.63, 3.8) is 0 Å². The van der Waals surface area contributed by atoms with Crippen molar-refractivity contribution in [3.05, 3.63) is 99.9 Å². The van der Waals surface area contributed by atoms with Crippen LogP contribution in [0.25, 0.3) is 11.3 Å². The maximum absolute atomic E-state index is 13.1. The SMILES string of the molecule is CCCCOc1ccc(C(Cc2ncc(-c3ccc(Br)cc3)[nH]2)NC(=O)CCCc2ccc(OC)cc2)cc1C(=O)O. The van der Waals surface area contributed by atoms with Crippen molar-refractivity contribution in [2.75, 3.05) is 13.7 Å². The number of H-pyrrole nitrogens is 1. The molecule has 9 heteroatoms. The number of aromatic carboxylic acids is 1. The van der Waals surface area contributed by atoms with E-state index in [0.29, 0.717) is 43.0 Å². The fourth-order valence-corrected chi connectivity index (χ4v) is 4.85. The summed E-state index contributed by atoms with van der Waals surface area (Å²) in [5, 5.41) is 13.0. The molecule has 3 N–H and O–H groups in total. The van der Waals surface area contributed by atoms with Gasteiger partial charge in [0.15, 0.2) is 0 Å². The van der Waals surface area contributed by atoms with Crippen LogP contribution in [-0.4, -0.2) is 40.7 Å². The average molecular weight is 635 g/mol. The first-order valence-corrected chi connectivity index (χ1v) is 14.9. The highest BCUT2D eigenvalue weighted by Gasteiger charge is 2.21. The molecule has 1 aromatic heterocycles. The molecule has 0 spiro atoms. The van der Waals surface area contributed by atoms with Crippen LogP contribution in [0, 0.1) is 0 Å². The van der Waals surface area contributed by atoms with Crippen LogP contribution in [0.4, 0.5) is 0 Å². The van der Waals surface area contributed by atoms with E-state index in [-0.39, 0.29) is 11.5 Å². The summed E-state index contributed by atoms with van der Waals surface area (Å²) < 4.78 is 11.9. The number of carbonyl (C=O) groups excluding carboxylic acids is 1. The maximum Gasteiger partial charge on any atom is 0.339 e. The van der Waals surface area contributed by atoms with Gasteiger partial charge in [0.05, 0.1) is 31.6 Å². The number of amides is 1. The van der Waals surface area contributed by atoms with Crippen LogP contribution in [0.2, 0.25) is 0 Å². The molecule has 8 nitrogen and oxygen atoms in total. The molecule has 0 bridgehead atoms. The zero-order valence-electron chi connectivity index (χ0n) is 23.9. The molecule has 0 aliphatic heterocycles. The van der Waals surface area contributed by atoms with Crippen molar-refractivity contribution in [2.24, 2.45) is 0 Å². The highest BCUT2D eigenvalue weighted by molar-refractivity contribution is 9.10. The third-order valence-corrected chi connectivity index (χ3v) is 7.47. The summed E-state index contributed by atoms with van der Waals surface area (Å²) in [6.07, 6.45) is 5.64. The van der Waals surface area contributed by atoms with Gasteiger partial charge in [-0.1, -0.05) is 59.6 Å². The number of ether oxygens (including phenoxy) is 2. The molecule has 220 valence electrons. The second-order valence-electron chi connectivity index (χ2n) is 10.0. The van der Waals surface area contributed by atoms with Crippen LogP contribution in [0.1, 0.15) is 66.0 Å². The Bertz CT molecular complexity index is 1470. The minimum atomic E-state index is -1.08. The minimum Gasteiger partial charge on any atom is -0.497 e. The number of methoxy groups -OCH3 is 1. The van der Waals surface area contributed by atoms with Crippen LogP contribution < -0.4 is 14.8 Å². The molecule has 4 aromatic rings. The van der Waals surface area contributed by atoms with Crippen molar-refractivity contribution in [1.29, 1.82) is 0 Å². The summed E-state index contributed by atoms with van der Waals surface area (Å²) >= 11 is 3.46. The molecule has 1 unspecified atom stereocenters. The Balaban J connectivity index is 1.51. The van der Waals surface area contributed by atoms with Crippen molar-refractivity contribution in [1.82, 2.24) is 15.3 Å². The smallest absolute Gasteiger partial charge is 0.339 e. The number of hydrogen-bond donors (Lipinski definition) is 3. The first kappa shape index (κ1) is 30.8. The fraction of sp³-hybridized carbons (Fsp3) is 0.303. The van der Waals surface area contributed by atoms with Crippen LogP contribution in [0.15, 0.2) is 77.4 Å². The normalized spacial score (nSPS) is 11.6. The molecule has 0 aliphatic carbocycles. The van der Waals surface area contributed by atoms with Gasteiger partial charge in [-0.05, 0) is 72.4 Å². The molecule has 1 amide bonds. The first-order chi connectivity index (χ1) is 20.4. The molecule has 0 aliphatic rings. The van der Waals surface area contributed by atoms with Crippen molar-refractivity contribution < 1.29 is 24.2 Å².